The highest BCUT2D eigenvalue weighted by atomic mass is 19.4. The Bertz CT molecular complexity index is 1340. The van der Waals surface area contributed by atoms with Crippen molar-refractivity contribution in [2.75, 3.05) is 26.7 Å². The molecule has 2 N–H and O–H groups in total. The number of alkyl halides is 3. The van der Waals surface area contributed by atoms with E-state index in [1.165, 1.54) is 24.1 Å². The molecule has 2 aromatic heterocycles. The minimum absolute atomic E-state index is 0.0639. The highest BCUT2D eigenvalue weighted by Crippen LogP contribution is 2.35. The normalized spacial score (nSPS) is 20.0. The fourth-order valence-electron chi connectivity index (χ4n) is 5.43. The first-order valence-electron chi connectivity index (χ1n) is 12.8. The molecule has 2 aliphatic heterocycles. The Morgan fingerprint density at radius 2 is 2.08 bits per heavy atom. The molecule has 12 heteroatoms. The average molecular weight is 547 g/mol. The van der Waals surface area contributed by atoms with Crippen LogP contribution in [0.4, 0.5) is 22.4 Å². The number of ether oxygens (including phenoxy) is 1. The number of carbonyl (C=O) groups excluding carboxylic acids is 1. The van der Waals surface area contributed by atoms with E-state index in [1.54, 1.807) is 17.2 Å². The van der Waals surface area contributed by atoms with Crippen molar-refractivity contribution < 1.29 is 27.1 Å². The SMILES string of the molecule is COc1cccc(F)c1CN1C[C@H](NC(=O)N2CCc3[nH]nc(-c4ccnc(C)c4)c3C2)C[C@H](C(F)(F)F)C1. The van der Waals surface area contributed by atoms with Gasteiger partial charge in [-0.2, -0.15) is 18.3 Å². The number of likely N-dealkylation sites (tertiary alicyclic amines) is 1. The third-order valence-electron chi connectivity index (χ3n) is 7.39. The van der Waals surface area contributed by atoms with Crippen molar-refractivity contribution >= 4 is 6.03 Å². The van der Waals surface area contributed by atoms with E-state index in [0.717, 1.165) is 28.2 Å². The van der Waals surface area contributed by atoms with Crippen LogP contribution < -0.4 is 10.1 Å². The maximum atomic E-state index is 14.5. The van der Waals surface area contributed by atoms with Gasteiger partial charge in [-0.15, -0.1) is 0 Å². The summed E-state index contributed by atoms with van der Waals surface area (Å²) in [4.78, 5) is 20.6. The molecule has 0 radical (unpaired) electrons. The van der Waals surface area contributed by atoms with E-state index in [4.69, 9.17) is 4.74 Å². The van der Waals surface area contributed by atoms with Gasteiger partial charge in [0.2, 0.25) is 0 Å². The molecule has 2 atom stereocenters. The summed E-state index contributed by atoms with van der Waals surface area (Å²) in [6, 6.07) is 6.88. The molecule has 0 spiro atoms. The first-order chi connectivity index (χ1) is 18.6. The summed E-state index contributed by atoms with van der Waals surface area (Å²) in [6.07, 6.45) is -2.45. The van der Waals surface area contributed by atoms with Crippen molar-refractivity contribution in [2.24, 2.45) is 5.92 Å². The van der Waals surface area contributed by atoms with Gasteiger partial charge in [-0.05, 0) is 37.6 Å². The van der Waals surface area contributed by atoms with Crippen molar-refractivity contribution in [1.82, 2.24) is 30.3 Å². The molecule has 39 heavy (non-hydrogen) atoms. The van der Waals surface area contributed by atoms with E-state index < -0.39 is 30.0 Å². The van der Waals surface area contributed by atoms with Crippen molar-refractivity contribution in [3.05, 3.63) is 64.9 Å². The highest BCUT2D eigenvalue weighted by Gasteiger charge is 2.45. The summed E-state index contributed by atoms with van der Waals surface area (Å²) in [7, 11) is 1.39. The van der Waals surface area contributed by atoms with Gasteiger partial charge >= 0.3 is 12.2 Å². The lowest BCUT2D eigenvalue weighted by Gasteiger charge is -2.40. The van der Waals surface area contributed by atoms with Crippen molar-refractivity contribution in [1.29, 1.82) is 0 Å². The van der Waals surface area contributed by atoms with Crippen LogP contribution in [0.5, 0.6) is 5.75 Å². The molecule has 208 valence electrons. The monoisotopic (exact) mass is 546 g/mol. The van der Waals surface area contributed by atoms with Crippen LogP contribution in [0.15, 0.2) is 36.5 Å². The largest absolute Gasteiger partial charge is 0.496 e. The average Bonchev–Trinajstić information content (AvgIpc) is 3.32. The molecular weight excluding hydrogens is 516 g/mol. The van der Waals surface area contributed by atoms with E-state index in [0.29, 0.717) is 13.0 Å². The molecule has 1 aromatic carbocycles. The minimum atomic E-state index is -4.45. The fraction of sp³-hybridized carbons (Fsp3) is 0.444. The lowest BCUT2D eigenvalue weighted by Crippen LogP contribution is -2.56. The summed E-state index contributed by atoms with van der Waals surface area (Å²) in [5.74, 6) is -1.93. The predicted molar refractivity (Wildman–Crippen MR) is 135 cm³/mol. The van der Waals surface area contributed by atoms with E-state index in [9.17, 15) is 22.4 Å². The van der Waals surface area contributed by atoms with Gasteiger partial charge in [0.25, 0.3) is 0 Å². The predicted octanol–water partition coefficient (Wildman–Crippen LogP) is 4.45. The molecule has 1 saturated heterocycles. The first kappa shape index (κ1) is 26.9. The summed E-state index contributed by atoms with van der Waals surface area (Å²) >= 11 is 0. The van der Waals surface area contributed by atoms with Crippen LogP contribution in [0.25, 0.3) is 11.3 Å². The molecule has 4 heterocycles. The summed E-state index contributed by atoms with van der Waals surface area (Å²) in [5.41, 5.74) is 4.45. The van der Waals surface area contributed by atoms with Crippen LogP contribution in [0.1, 0.15) is 28.9 Å². The number of piperidine rings is 1. The minimum Gasteiger partial charge on any atom is -0.496 e. The zero-order chi connectivity index (χ0) is 27.7. The molecule has 8 nitrogen and oxygen atoms in total. The molecule has 2 amide bonds. The molecule has 0 bridgehead atoms. The summed E-state index contributed by atoms with van der Waals surface area (Å²) in [5, 5.41) is 10.3. The number of carbonyl (C=O) groups is 1. The quantitative estimate of drug-likeness (QED) is 0.462. The number of H-pyrrole nitrogens is 1. The van der Waals surface area contributed by atoms with E-state index in [1.807, 2.05) is 19.1 Å². The number of hydrogen-bond donors (Lipinski definition) is 2. The number of urea groups is 1. The van der Waals surface area contributed by atoms with Crippen LogP contribution in [0, 0.1) is 18.7 Å². The maximum Gasteiger partial charge on any atom is 0.393 e. The molecule has 5 rings (SSSR count). The van der Waals surface area contributed by atoms with Crippen LogP contribution in [-0.4, -0.2) is 70.0 Å². The number of nitrogens with zero attached hydrogens (tertiary/aromatic N) is 4. The Morgan fingerprint density at radius 3 is 2.82 bits per heavy atom. The Kier molecular flexibility index (Phi) is 7.48. The molecule has 3 aromatic rings. The van der Waals surface area contributed by atoms with Crippen LogP contribution in [0.2, 0.25) is 0 Å². The van der Waals surface area contributed by atoms with Gasteiger partial charge in [0.05, 0.1) is 25.3 Å². The van der Waals surface area contributed by atoms with E-state index in [-0.39, 0.29) is 43.9 Å². The standard InChI is InChI=1S/C27H30F4N6O2/c1-16-10-17(6-8-32-16)25-21-15-37(9-7-23(21)34-35-25)26(38)33-19-11-18(27(29,30)31)12-36(13-19)14-20-22(28)4-3-5-24(20)39-2/h3-6,8,10,18-19H,7,9,11-15H2,1-2H3,(H,33,38)(H,34,35)/t18-,19+/m0/s1. The number of benzene rings is 1. The van der Waals surface area contributed by atoms with Crippen LogP contribution in [0.3, 0.4) is 0 Å². The second kappa shape index (κ2) is 10.8. The first-order valence-corrected chi connectivity index (χ1v) is 12.8. The smallest absolute Gasteiger partial charge is 0.393 e. The highest BCUT2D eigenvalue weighted by molar-refractivity contribution is 5.76. The number of aromatic amines is 1. The zero-order valence-electron chi connectivity index (χ0n) is 21.7. The number of fused-ring (bicyclic) bond motifs is 1. The van der Waals surface area contributed by atoms with Gasteiger partial charge < -0.3 is 15.0 Å². The number of amides is 2. The lowest BCUT2D eigenvalue weighted by atomic mass is 9.93. The maximum absolute atomic E-state index is 14.5. The number of aryl methyl sites for hydroxylation is 1. The Labute approximate surface area is 223 Å². The topological polar surface area (TPSA) is 86.4 Å². The number of methoxy groups -OCH3 is 1. The zero-order valence-corrected chi connectivity index (χ0v) is 21.7. The second-order valence-corrected chi connectivity index (χ2v) is 10.1. The van der Waals surface area contributed by atoms with Gasteiger partial charge in [-0.1, -0.05) is 6.07 Å². The van der Waals surface area contributed by atoms with Gasteiger partial charge in [-0.3, -0.25) is 15.0 Å². The number of halogens is 4. The van der Waals surface area contributed by atoms with Crippen molar-refractivity contribution in [2.45, 2.75) is 45.1 Å². The number of hydrogen-bond acceptors (Lipinski definition) is 5. The van der Waals surface area contributed by atoms with Crippen molar-refractivity contribution in [3.63, 3.8) is 0 Å². The van der Waals surface area contributed by atoms with Crippen LogP contribution in [-0.2, 0) is 19.5 Å². The third-order valence-corrected chi connectivity index (χ3v) is 7.39. The number of pyridine rings is 1. The Hall–Kier alpha value is -3.67. The van der Waals surface area contributed by atoms with Gasteiger partial charge in [0.15, 0.2) is 0 Å². The molecule has 2 aliphatic rings. The summed E-state index contributed by atoms with van der Waals surface area (Å²) < 4.78 is 61.3. The van der Waals surface area contributed by atoms with Crippen molar-refractivity contribution in [3.8, 4) is 17.0 Å². The fourth-order valence-corrected chi connectivity index (χ4v) is 5.43. The Morgan fingerprint density at radius 1 is 1.26 bits per heavy atom. The van der Waals surface area contributed by atoms with Gasteiger partial charge in [-0.25, -0.2) is 9.18 Å². The van der Waals surface area contributed by atoms with Crippen LogP contribution >= 0.6 is 0 Å². The van der Waals surface area contributed by atoms with E-state index >= 15 is 0 Å². The number of rotatable bonds is 5. The molecule has 0 aliphatic carbocycles. The molecule has 1 fully saturated rings. The molecule has 0 saturated carbocycles. The van der Waals surface area contributed by atoms with Gasteiger partial charge in [0.1, 0.15) is 11.6 Å². The number of aromatic nitrogens is 3. The third kappa shape index (κ3) is 5.85. The van der Waals surface area contributed by atoms with Gasteiger partial charge in [0, 0.05) is 72.9 Å². The summed E-state index contributed by atoms with van der Waals surface area (Å²) in [6.45, 7) is 2.37. The molecular formula is C27H30F4N6O2. The Balaban J connectivity index is 1.31. The molecule has 0 unspecified atom stereocenters. The lowest BCUT2D eigenvalue weighted by molar-refractivity contribution is -0.189. The number of nitrogens with one attached hydrogen (secondary N) is 2. The second-order valence-electron chi connectivity index (χ2n) is 10.1. The van der Waals surface area contributed by atoms with E-state index in [2.05, 4.69) is 20.5 Å².